The van der Waals surface area contributed by atoms with Crippen LogP contribution in [0.5, 0.6) is 0 Å². The lowest BCUT2D eigenvalue weighted by Crippen LogP contribution is -2.60. The second kappa shape index (κ2) is 5.29. The summed E-state index contributed by atoms with van der Waals surface area (Å²) in [4.78, 5) is 16.2. The van der Waals surface area contributed by atoms with Crippen LogP contribution in [0.4, 0.5) is 5.82 Å². The SMILES string of the molecule is CN(C(=O)c1cn(C)nn1)C1CN(c2ccc(C3CC3)nn2)C1. The topological polar surface area (TPSA) is 80.0 Å². The monoisotopic (exact) mass is 313 g/mol. The number of carbonyl (C=O) groups excluding carboxylic acids is 1. The lowest BCUT2D eigenvalue weighted by atomic mass is 10.1. The first-order valence-corrected chi connectivity index (χ1v) is 7.84. The molecule has 0 atom stereocenters. The normalized spacial score (nSPS) is 17.9. The Morgan fingerprint density at radius 1 is 1.22 bits per heavy atom. The molecule has 1 aliphatic heterocycles. The number of amides is 1. The molecule has 2 aliphatic rings. The van der Waals surface area contributed by atoms with Gasteiger partial charge < -0.3 is 9.80 Å². The first-order chi connectivity index (χ1) is 11.1. The first-order valence-electron chi connectivity index (χ1n) is 7.84. The predicted octanol–water partition coefficient (Wildman–Crippen LogP) is 0.443. The number of anilines is 1. The van der Waals surface area contributed by atoms with Crippen molar-refractivity contribution in [2.24, 2.45) is 7.05 Å². The molecule has 23 heavy (non-hydrogen) atoms. The Hall–Kier alpha value is -2.51. The van der Waals surface area contributed by atoms with Gasteiger partial charge in [0.05, 0.1) is 17.9 Å². The second-order valence-corrected chi connectivity index (χ2v) is 6.34. The Morgan fingerprint density at radius 3 is 2.57 bits per heavy atom. The molecule has 2 aromatic heterocycles. The van der Waals surface area contributed by atoms with Crippen molar-refractivity contribution in [2.45, 2.75) is 24.8 Å². The van der Waals surface area contributed by atoms with E-state index in [1.807, 2.05) is 6.07 Å². The van der Waals surface area contributed by atoms with Gasteiger partial charge in [-0.2, -0.15) is 5.10 Å². The fraction of sp³-hybridized carbons (Fsp3) is 0.533. The molecular formula is C15H19N7O. The highest BCUT2D eigenvalue weighted by molar-refractivity contribution is 5.92. The molecule has 0 unspecified atom stereocenters. The number of hydrogen-bond acceptors (Lipinski definition) is 6. The van der Waals surface area contributed by atoms with Crippen LogP contribution in [-0.2, 0) is 7.05 Å². The van der Waals surface area contributed by atoms with Crippen molar-refractivity contribution in [1.82, 2.24) is 30.1 Å². The number of rotatable bonds is 4. The minimum absolute atomic E-state index is 0.0992. The molecule has 2 aromatic rings. The number of hydrogen-bond donors (Lipinski definition) is 0. The quantitative estimate of drug-likeness (QED) is 0.815. The van der Waals surface area contributed by atoms with Gasteiger partial charge in [0, 0.05) is 33.1 Å². The lowest BCUT2D eigenvalue weighted by molar-refractivity contribution is 0.0699. The fourth-order valence-electron chi connectivity index (χ4n) is 2.78. The van der Waals surface area contributed by atoms with Crippen LogP contribution in [-0.4, -0.2) is 62.2 Å². The molecule has 1 saturated carbocycles. The van der Waals surface area contributed by atoms with Crippen LogP contribution in [0.3, 0.4) is 0 Å². The third-order valence-electron chi connectivity index (χ3n) is 4.54. The van der Waals surface area contributed by atoms with Crippen LogP contribution in [0.25, 0.3) is 0 Å². The number of likely N-dealkylation sites (N-methyl/N-ethyl adjacent to an activating group) is 1. The lowest BCUT2D eigenvalue weighted by Gasteiger charge is -2.44. The van der Waals surface area contributed by atoms with Crippen molar-refractivity contribution < 1.29 is 4.79 Å². The maximum Gasteiger partial charge on any atom is 0.276 e. The third kappa shape index (κ3) is 2.64. The van der Waals surface area contributed by atoms with Gasteiger partial charge in [0.2, 0.25) is 0 Å². The van der Waals surface area contributed by atoms with E-state index >= 15 is 0 Å². The van der Waals surface area contributed by atoms with E-state index in [2.05, 4.69) is 31.5 Å². The highest BCUT2D eigenvalue weighted by Crippen LogP contribution is 2.38. The first kappa shape index (κ1) is 14.1. The maximum atomic E-state index is 12.3. The van der Waals surface area contributed by atoms with E-state index in [1.54, 1.807) is 25.2 Å². The summed E-state index contributed by atoms with van der Waals surface area (Å²) in [5.74, 6) is 1.40. The van der Waals surface area contributed by atoms with Crippen molar-refractivity contribution >= 4 is 11.7 Å². The van der Waals surface area contributed by atoms with Crippen LogP contribution >= 0.6 is 0 Å². The van der Waals surface area contributed by atoms with Gasteiger partial charge in [-0.1, -0.05) is 5.21 Å². The number of aryl methyl sites for hydroxylation is 1. The molecule has 0 aromatic carbocycles. The Bertz CT molecular complexity index is 716. The summed E-state index contributed by atoms with van der Waals surface area (Å²) in [5, 5.41) is 16.3. The summed E-state index contributed by atoms with van der Waals surface area (Å²) in [6.45, 7) is 1.53. The average molecular weight is 313 g/mol. The summed E-state index contributed by atoms with van der Waals surface area (Å²) in [7, 11) is 3.56. The largest absolute Gasteiger partial charge is 0.351 e. The number of nitrogens with zero attached hydrogens (tertiary/aromatic N) is 7. The highest BCUT2D eigenvalue weighted by atomic mass is 16.2. The van der Waals surface area contributed by atoms with Gasteiger partial charge in [0.1, 0.15) is 0 Å². The number of aromatic nitrogens is 5. The van der Waals surface area contributed by atoms with Crippen molar-refractivity contribution in [3.05, 3.63) is 29.7 Å². The van der Waals surface area contributed by atoms with E-state index in [4.69, 9.17) is 0 Å². The van der Waals surface area contributed by atoms with E-state index in [0.29, 0.717) is 11.6 Å². The predicted molar refractivity (Wildman–Crippen MR) is 83.1 cm³/mol. The van der Waals surface area contributed by atoms with E-state index < -0.39 is 0 Å². The van der Waals surface area contributed by atoms with Gasteiger partial charge in [0.25, 0.3) is 5.91 Å². The minimum atomic E-state index is -0.0992. The Kier molecular flexibility index (Phi) is 3.24. The van der Waals surface area contributed by atoms with Crippen molar-refractivity contribution in [3.63, 3.8) is 0 Å². The molecular weight excluding hydrogens is 294 g/mol. The highest BCUT2D eigenvalue weighted by Gasteiger charge is 2.34. The van der Waals surface area contributed by atoms with Gasteiger partial charge in [-0.25, -0.2) is 0 Å². The maximum absolute atomic E-state index is 12.3. The summed E-state index contributed by atoms with van der Waals surface area (Å²) in [6, 6.07) is 4.26. The van der Waals surface area contributed by atoms with Crippen LogP contribution in [0, 0.1) is 0 Å². The molecule has 3 heterocycles. The van der Waals surface area contributed by atoms with E-state index in [1.165, 1.54) is 17.5 Å². The Balaban J connectivity index is 1.35. The molecule has 1 amide bonds. The molecule has 4 rings (SSSR count). The van der Waals surface area contributed by atoms with E-state index in [9.17, 15) is 4.79 Å². The molecule has 0 spiro atoms. The summed E-state index contributed by atoms with van der Waals surface area (Å²) in [6.07, 6.45) is 4.10. The Morgan fingerprint density at radius 2 is 2.00 bits per heavy atom. The second-order valence-electron chi connectivity index (χ2n) is 6.34. The van der Waals surface area contributed by atoms with Gasteiger partial charge in [-0.05, 0) is 25.0 Å². The van der Waals surface area contributed by atoms with Crippen LogP contribution in [0.15, 0.2) is 18.3 Å². The van der Waals surface area contributed by atoms with Gasteiger partial charge >= 0.3 is 0 Å². The van der Waals surface area contributed by atoms with Gasteiger partial charge in [0.15, 0.2) is 11.5 Å². The summed E-state index contributed by atoms with van der Waals surface area (Å²) >= 11 is 0. The molecule has 0 N–H and O–H groups in total. The molecule has 1 aliphatic carbocycles. The van der Waals surface area contributed by atoms with Crippen molar-refractivity contribution in [1.29, 1.82) is 0 Å². The molecule has 0 radical (unpaired) electrons. The van der Waals surface area contributed by atoms with E-state index in [-0.39, 0.29) is 11.9 Å². The van der Waals surface area contributed by atoms with Crippen molar-refractivity contribution in [2.75, 3.05) is 25.0 Å². The molecule has 2 fully saturated rings. The molecule has 1 saturated heterocycles. The van der Waals surface area contributed by atoms with Crippen LogP contribution in [0.2, 0.25) is 0 Å². The van der Waals surface area contributed by atoms with Gasteiger partial charge in [-0.15, -0.1) is 10.2 Å². The Labute approximate surface area is 134 Å². The average Bonchev–Trinajstić information content (AvgIpc) is 3.27. The number of carbonyl (C=O) groups is 1. The smallest absolute Gasteiger partial charge is 0.276 e. The zero-order valence-corrected chi connectivity index (χ0v) is 13.3. The zero-order chi connectivity index (χ0) is 16.0. The molecule has 120 valence electrons. The fourth-order valence-corrected chi connectivity index (χ4v) is 2.78. The minimum Gasteiger partial charge on any atom is -0.351 e. The molecule has 8 nitrogen and oxygen atoms in total. The van der Waals surface area contributed by atoms with Crippen molar-refractivity contribution in [3.8, 4) is 0 Å². The van der Waals surface area contributed by atoms with Crippen LogP contribution in [0.1, 0.15) is 34.9 Å². The van der Waals surface area contributed by atoms with Gasteiger partial charge in [-0.3, -0.25) is 9.48 Å². The third-order valence-corrected chi connectivity index (χ3v) is 4.54. The summed E-state index contributed by atoms with van der Waals surface area (Å²) < 4.78 is 1.53. The van der Waals surface area contributed by atoms with E-state index in [0.717, 1.165) is 24.6 Å². The van der Waals surface area contributed by atoms with Crippen LogP contribution < -0.4 is 4.90 Å². The summed E-state index contributed by atoms with van der Waals surface area (Å²) in [5.41, 5.74) is 1.47. The molecule has 8 heteroatoms. The molecule has 0 bridgehead atoms. The zero-order valence-electron chi connectivity index (χ0n) is 13.3. The standard InChI is InChI=1S/C15H19N7O/c1-20-9-13(17-19-20)15(23)21(2)11-7-22(8-11)14-6-5-12(16-18-14)10-3-4-10/h5-6,9-11H,3-4,7-8H2,1-2H3.